The first-order valence-corrected chi connectivity index (χ1v) is 15.5. The van der Waals surface area contributed by atoms with E-state index in [1.807, 2.05) is 0 Å². The number of aliphatic hydroxyl groups excluding tert-OH is 3. The van der Waals surface area contributed by atoms with Crippen LogP contribution in [0.15, 0.2) is 0 Å². The lowest BCUT2D eigenvalue weighted by Gasteiger charge is -2.64. The Morgan fingerprint density at radius 1 is 0.974 bits per heavy atom. The third-order valence-corrected chi connectivity index (χ3v) is 14.3. The Morgan fingerprint density at radius 2 is 1.66 bits per heavy atom. The van der Waals surface area contributed by atoms with Gasteiger partial charge in [-0.15, -0.1) is 0 Å². The number of esters is 1. The van der Waals surface area contributed by atoms with Crippen LogP contribution in [0.1, 0.15) is 93.9 Å². The molecule has 216 valence electrons. The summed E-state index contributed by atoms with van der Waals surface area (Å²) in [6, 6.07) is 0. The fraction of sp³-hybridized carbons (Fsp3) is 0.969. The minimum atomic E-state index is -0.789. The van der Waals surface area contributed by atoms with Crippen LogP contribution < -0.4 is 0 Å². The summed E-state index contributed by atoms with van der Waals surface area (Å²) in [4.78, 5) is 12.5. The van der Waals surface area contributed by atoms with Crippen molar-refractivity contribution >= 4 is 5.97 Å². The lowest BCUT2D eigenvalue weighted by molar-refractivity contribution is -0.253. The van der Waals surface area contributed by atoms with Gasteiger partial charge >= 0.3 is 5.97 Å². The Bertz CT molecular complexity index is 983. The second-order valence-electron chi connectivity index (χ2n) is 15.7. The van der Waals surface area contributed by atoms with Gasteiger partial charge in [-0.1, -0.05) is 48.5 Å². The predicted molar refractivity (Wildman–Crippen MR) is 144 cm³/mol. The van der Waals surface area contributed by atoms with Crippen molar-refractivity contribution in [2.75, 3.05) is 0 Å². The minimum Gasteiger partial charge on any atom is -0.459 e. The Hall–Kier alpha value is -0.690. The van der Waals surface area contributed by atoms with E-state index >= 15 is 0 Å². The molecule has 6 fully saturated rings. The molecule has 5 aliphatic carbocycles. The van der Waals surface area contributed by atoms with Crippen molar-refractivity contribution in [1.82, 2.24) is 0 Å². The average molecular weight is 533 g/mol. The summed E-state index contributed by atoms with van der Waals surface area (Å²) in [7, 11) is 0. The Kier molecular flexibility index (Phi) is 6.09. The highest BCUT2D eigenvalue weighted by Crippen LogP contribution is 2.76. The zero-order chi connectivity index (χ0) is 27.7. The highest BCUT2D eigenvalue weighted by molar-refractivity contribution is 5.66. The monoisotopic (exact) mass is 532 g/mol. The summed E-state index contributed by atoms with van der Waals surface area (Å²) in [5.74, 6) is 2.77. The van der Waals surface area contributed by atoms with Gasteiger partial charge in [0, 0.05) is 30.1 Å². The van der Waals surface area contributed by atoms with Gasteiger partial charge < -0.3 is 24.8 Å². The average Bonchev–Trinajstić information content (AvgIpc) is 3.68. The molecule has 1 spiro atoms. The van der Waals surface area contributed by atoms with Crippen LogP contribution in [-0.2, 0) is 14.3 Å². The van der Waals surface area contributed by atoms with Gasteiger partial charge in [0.05, 0.1) is 24.4 Å². The van der Waals surface area contributed by atoms with E-state index in [1.165, 1.54) is 13.3 Å². The third-order valence-electron chi connectivity index (χ3n) is 14.3. The zero-order valence-corrected chi connectivity index (χ0v) is 24.8. The molecule has 6 heteroatoms. The quantitative estimate of drug-likeness (QED) is 0.354. The molecule has 1 saturated heterocycles. The van der Waals surface area contributed by atoms with Crippen LogP contribution in [0.5, 0.6) is 0 Å². The van der Waals surface area contributed by atoms with Crippen LogP contribution >= 0.6 is 0 Å². The molecule has 5 saturated carbocycles. The number of hydrogen-bond acceptors (Lipinski definition) is 6. The van der Waals surface area contributed by atoms with Crippen molar-refractivity contribution in [1.29, 1.82) is 0 Å². The van der Waals surface area contributed by atoms with Gasteiger partial charge in [-0.3, -0.25) is 4.79 Å². The number of rotatable bonds is 5. The molecule has 0 aromatic carbocycles. The standard InChI is InChI=1S/C32H52O6/c1-15(2)17(4)29(6)14-23(29)16(3)21-9-10-22-20-12-25-32(38-25)13-19(34)11-24(35)31(32,8)26(20)27(37-18(5)33)28(36)30(21,22)7/h15-17,19-28,34-36H,9-14H2,1-8H3/t16-,17+,19-,20-,21+,22-,23+,24-,25+,26+,27-,28+,29+,30+,31+,32+/m0/s1. The molecular formula is C32H52O6. The minimum absolute atomic E-state index is 0.0194. The van der Waals surface area contributed by atoms with Crippen molar-refractivity contribution < 1.29 is 29.6 Å². The van der Waals surface area contributed by atoms with E-state index in [-0.39, 0.29) is 29.3 Å². The maximum atomic E-state index is 12.5. The van der Waals surface area contributed by atoms with Crippen LogP contribution in [-0.4, -0.2) is 57.4 Å². The summed E-state index contributed by atoms with van der Waals surface area (Å²) < 4.78 is 12.5. The molecule has 0 unspecified atom stereocenters. The highest BCUT2D eigenvalue weighted by atomic mass is 16.6. The van der Waals surface area contributed by atoms with E-state index in [0.717, 1.165) is 19.3 Å². The molecule has 6 rings (SSSR count). The molecule has 1 heterocycles. The number of aliphatic hydroxyl groups is 3. The number of carbonyl (C=O) groups is 1. The molecule has 0 bridgehead atoms. The van der Waals surface area contributed by atoms with Gasteiger partial charge in [0.15, 0.2) is 0 Å². The summed E-state index contributed by atoms with van der Waals surface area (Å²) in [5, 5.41) is 34.4. The normalized spacial score (nSPS) is 58.2. The van der Waals surface area contributed by atoms with Crippen molar-refractivity contribution in [3.63, 3.8) is 0 Å². The second-order valence-corrected chi connectivity index (χ2v) is 15.7. The number of ether oxygens (including phenoxy) is 2. The lowest BCUT2D eigenvalue weighted by atomic mass is 9.42. The van der Waals surface area contributed by atoms with Gasteiger partial charge in [0.1, 0.15) is 11.7 Å². The Labute approximate surface area is 229 Å². The highest BCUT2D eigenvalue weighted by Gasteiger charge is 2.81. The van der Waals surface area contributed by atoms with Crippen molar-refractivity contribution in [2.45, 2.75) is 130 Å². The van der Waals surface area contributed by atoms with E-state index < -0.39 is 35.4 Å². The van der Waals surface area contributed by atoms with Crippen LogP contribution in [0.2, 0.25) is 0 Å². The fourth-order valence-electron chi connectivity index (χ4n) is 11.7. The van der Waals surface area contributed by atoms with E-state index in [0.29, 0.717) is 53.8 Å². The fourth-order valence-corrected chi connectivity index (χ4v) is 11.7. The molecule has 3 N–H and O–H groups in total. The molecule has 16 atom stereocenters. The topological polar surface area (TPSA) is 99.5 Å². The molecule has 0 aromatic rings. The van der Waals surface area contributed by atoms with Gasteiger partial charge in [-0.25, -0.2) is 0 Å². The zero-order valence-electron chi connectivity index (χ0n) is 24.8. The van der Waals surface area contributed by atoms with Crippen molar-refractivity contribution in [3.05, 3.63) is 0 Å². The Morgan fingerprint density at radius 3 is 2.29 bits per heavy atom. The van der Waals surface area contributed by atoms with Crippen LogP contribution in [0.4, 0.5) is 0 Å². The number of epoxide rings is 1. The molecule has 38 heavy (non-hydrogen) atoms. The van der Waals surface area contributed by atoms with Crippen molar-refractivity contribution in [3.8, 4) is 0 Å². The summed E-state index contributed by atoms with van der Waals surface area (Å²) >= 11 is 0. The maximum absolute atomic E-state index is 12.5. The van der Waals surface area contributed by atoms with Crippen LogP contribution in [0.25, 0.3) is 0 Å². The van der Waals surface area contributed by atoms with Gasteiger partial charge in [-0.2, -0.15) is 0 Å². The van der Waals surface area contributed by atoms with Crippen LogP contribution in [0.3, 0.4) is 0 Å². The molecule has 6 aliphatic rings. The predicted octanol–water partition coefficient (Wildman–Crippen LogP) is 4.58. The summed E-state index contributed by atoms with van der Waals surface area (Å²) in [6.07, 6.45) is 2.27. The molecular weight excluding hydrogens is 480 g/mol. The maximum Gasteiger partial charge on any atom is 0.303 e. The molecule has 1 aliphatic heterocycles. The molecule has 6 nitrogen and oxygen atoms in total. The van der Waals surface area contributed by atoms with Gasteiger partial charge in [-0.05, 0) is 78.9 Å². The SMILES string of the molecule is CC(=O)O[C@H]1[C@H]2[C@@H](C[C@H]3O[C@]34C[C@@H](O)C[C@H](O)[C@]24C)[C@@H]2CC[C@H]([C@H](C)[C@H]3C[C@]3(C)[C@H](C)C(C)C)[C@@]2(C)[C@@H]1O. The van der Waals surface area contributed by atoms with Crippen molar-refractivity contribution in [2.24, 2.45) is 63.6 Å². The van der Waals surface area contributed by atoms with Gasteiger partial charge in [0.25, 0.3) is 0 Å². The van der Waals surface area contributed by atoms with E-state index in [1.54, 1.807) is 0 Å². The first-order chi connectivity index (χ1) is 17.6. The molecule has 0 aromatic heterocycles. The number of hydrogen-bond donors (Lipinski definition) is 3. The van der Waals surface area contributed by atoms with E-state index in [4.69, 9.17) is 9.47 Å². The third kappa shape index (κ3) is 3.30. The molecule has 0 amide bonds. The van der Waals surface area contributed by atoms with Gasteiger partial charge in [0.2, 0.25) is 0 Å². The summed E-state index contributed by atoms with van der Waals surface area (Å²) in [6.45, 7) is 17.8. The van der Waals surface area contributed by atoms with Crippen LogP contribution in [0, 0.1) is 63.6 Å². The molecule has 0 radical (unpaired) electrons. The second kappa shape index (κ2) is 8.42. The summed E-state index contributed by atoms with van der Waals surface area (Å²) in [5.41, 5.74) is -1.26. The first-order valence-electron chi connectivity index (χ1n) is 15.5. The Balaban J connectivity index is 1.37. The van der Waals surface area contributed by atoms with E-state index in [2.05, 4.69) is 48.5 Å². The lowest BCUT2D eigenvalue weighted by Crippen LogP contribution is -2.71. The smallest absolute Gasteiger partial charge is 0.303 e. The number of carbonyl (C=O) groups excluding carboxylic acids is 1. The first kappa shape index (κ1) is 27.5. The van der Waals surface area contributed by atoms with E-state index in [9.17, 15) is 20.1 Å². The largest absolute Gasteiger partial charge is 0.459 e. The number of fused-ring (bicyclic) bond motifs is 4.